The fraction of sp³-hybridized carbons (Fsp3) is 0.150. The van der Waals surface area contributed by atoms with Crippen LogP contribution in [-0.2, 0) is 14.8 Å². The Balaban J connectivity index is 1.60. The summed E-state index contributed by atoms with van der Waals surface area (Å²) in [7, 11) is -0.507. The van der Waals surface area contributed by atoms with E-state index in [9.17, 15) is 13.2 Å². The number of carbonyl (C=O) groups is 1. The van der Waals surface area contributed by atoms with E-state index < -0.39 is 10.0 Å². The molecule has 27 heavy (non-hydrogen) atoms. The fourth-order valence-corrected chi connectivity index (χ4v) is 4.17. The Kier molecular flexibility index (Phi) is 5.84. The van der Waals surface area contributed by atoms with Crippen molar-refractivity contribution in [2.75, 3.05) is 25.2 Å². The van der Waals surface area contributed by atoms with Crippen LogP contribution in [0.15, 0.2) is 76.5 Å². The zero-order valence-corrected chi connectivity index (χ0v) is 16.7. The van der Waals surface area contributed by atoms with Crippen molar-refractivity contribution in [2.45, 2.75) is 9.79 Å². The van der Waals surface area contributed by atoms with Crippen LogP contribution >= 0.6 is 11.8 Å². The van der Waals surface area contributed by atoms with Gasteiger partial charge in [0.2, 0.25) is 15.9 Å². The van der Waals surface area contributed by atoms with E-state index in [-0.39, 0.29) is 16.6 Å². The van der Waals surface area contributed by atoms with Crippen molar-refractivity contribution in [2.24, 2.45) is 0 Å². The van der Waals surface area contributed by atoms with E-state index >= 15 is 0 Å². The second-order valence-electron chi connectivity index (χ2n) is 6.16. The summed E-state index contributed by atoms with van der Waals surface area (Å²) in [6.07, 6.45) is 0. The predicted octanol–water partition coefficient (Wildman–Crippen LogP) is 3.82. The Morgan fingerprint density at radius 2 is 1.63 bits per heavy atom. The van der Waals surface area contributed by atoms with E-state index in [0.29, 0.717) is 5.69 Å². The summed E-state index contributed by atoms with van der Waals surface area (Å²) in [6.45, 7) is 0. The van der Waals surface area contributed by atoms with Crippen molar-refractivity contribution >= 4 is 44.2 Å². The van der Waals surface area contributed by atoms with Gasteiger partial charge < -0.3 is 5.32 Å². The Labute approximate surface area is 163 Å². The lowest BCUT2D eigenvalue weighted by atomic mass is 10.1. The molecule has 3 aromatic rings. The van der Waals surface area contributed by atoms with Crippen molar-refractivity contribution in [1.82, 2.24) is 4.31 Å². The molecule has 0 atom stereocenters. The van der Waals surface area contributed by atoms with E-state index in [1.54, 1.807) is 12.1 Å². The van der Waals surface area contributed by atoms with Crippen molar-refractivity contribution in [1.29, 1.82) is 0 Å². The van der Waals surface area contributed by atoms with Crippen LogP contribution in [0.25, 0.3) is 10.8 Å². The maximum absolute atomic E-state index is 12.2. The molecule has 0 radical (unpaired) electrons. The van der Waals surface area contributed by atoms with Gasteiger partial charge in [0.15, 0.2) is 0 Å². The third-order valence-corrected chi connectivity index (χ3v) is 6.83. The average molecular weight is 401 g/mol. The summed E-state index contributed by atoms with van der Waals surface area (Å²) in [5.74, 6) is 0.132. The summed E-state index contributed by atoms with van der Waals surface area (Å²) in [5.41, 5.74) is 0.566. The van der Waals surface area contributed by atoms with Gasteiger partial charge in [-0.2, -0.15) is 0 Å². The van der Waals surface area contributed by atoms with Gasteiger partial charge in [-0.05, 0) is 47.2 Å². The van der Waals surface area contributed by atoms with Gasteiger partial charge in [-0.3, -0.25) is 4.79 Å². The number of benzene rings is 3. The number of thioether (sulfide) groups is 1. The largest absolute Gasteiger partial charge is 0.325 e. The first-order chi connectivity index (χ1) is 12.9. The number of anilines is 1. The molecule has 0 spiro atoms. The molecule has 0 saturated heterocycles. The van der Waals surface area contributed by atoms with Gasteiger partial charge in [-0.1, -0.05) is 30.3 Å². The first-order valence-corrected chi connectivity index (χ1v) is 10.7. The number of hydrogen-bond acceptors (Lipinski definition) is 4. The van der Waals surface area contributed by atoms with E-state index in [4.69, 9.17) is 0 Å². The molecule has 0 saturated carbocycles. The number of rotatable bonds is 6. The Hall–Kier alpha value is -2.35. The Bertz CT molecular complexity index is 1060. The molecule has 1 amide bonds. The minimum Gasteiger partial charge on any atom is -0.325 e. The molecule has 0 aromatic heterocycles. The first kappa shape index (κ1) is 19.4. The SMILES string of the molecule is CN(C)S(=O)(=O)c1ccc(NC(=O)CSc2ccc3ccccc3c2)cc1. The molecule has 1 N–H and O–H groups in total. The third kappa shape index (κ3) is 4.68. The standard InChI is InChI=1S/C20H20N2O3S2/c1-22(2)27(24,25)19-11-8-17(9-12-19)21-20(23)14-26-18-10-7-15-5-3-4-6-16(15)13-18/h3-13H,14H2,1-2H3,(H,21,23). The molecule has 0 heterocycles. The Morgan fingerprint density at radius 1 is 0.963 bits per heavy atom. The molecule has 0 aliphatic carbocycles. The highest BCUT2D eigenvalue weighted by Gasteiger charge is 2.16. The molecule has 0 bridgehead atoms. The molecule has 3 aromatic carbocycles. The van der Waals surface area contributed by atoms with E-state index in [0.717, 1.165) is 14.6 Å². The lowest BCUT2D eigenvalue weighted by Gasteiger charge is -2.12. The van der Waals surface area contributed by atoms with Crippen LogP contribution in [-0.4, -0.2) is 38.5 Å². The van der Waals surface area contributed by atoms with Crippen molar-refractivity contribution in [3.8, 4) is 0 Å². The second-order valence-corrected chi connectivity index (χ2v) is 9.36. The van der Waals surface area contributed by atoms with E-state index in [1.165, 1.54) is 43.4 Å². The smallest absolute Gasteiger partial charge is 0.242 e. The van der Waals surface area contributed by atoms with Gasteiger partial charge in [0.25, 0.3) is 0 Å². The Morgan fingerprint density at radius 3 is 2.30 bits per heavy atom. The van der Waals surface area contributed by atoms with Crippen LogP contribution in [0.3, 0.4) is 0 Å². The first-order valence-electron chi connectivity index (χ1n) is 8.30. The number of carbonyl (C=O) groups excluding carboxylic acids is 1. The number of nitrogens with one attached hydrogen (secondary N) is 1. The molecule has 0 fully saturated rings. The lowest BCUT2D eigenvalue weighted by Crippen LogP contribution is -2.22. The quantitative estimate of drug-likeness (QED) is 0.639. The number of fused-ring (bicyclic) bond motifs is 1. The van der Waals surface area contributed by atoms with Crippen LogP contribution in [0.2, 0.25) is 0 Å². The van der Waals surface area contributed by atoms with E-state index in [2.05, 4.69) is 17.4 Å². The van der Waals surface area contributed by atoms with Crippen molar-refractivity contribution in [3.63, 3.8) is 0 Å². The number of sulfonamides is 1. The van der Waals surface area contributed by atoms with Gasteiger partial charge in [0.05, 0.1) is 10.6 Å². The fourth-order valence-electron chi connectivity index (χ4n) is 2.52. The van der Waals surface area contributed by atoms with Gasteiger partial charge in [0.1, 0.15) is 0 Å². The summed E-state index contributed by atoms with van der Waals surface area (Å²) >= 11 is 1.46. The molecule has 5 nitrogen and oxygen atoms in total. The highest BCUT2D eigenvalue weighted by molar-refractivity contribution is 8.00. The third-order valence-electron chi connectivity index (χ3n) is 4.01. The normalized spacial score (nSPS) is 11.7. The van der Waals surface area contributed by atoms with E-state index in [1.807, 2.05) is 30.3 Å². The van der Waals surface area contributed by atoms with Crippen molar-refractivity contribution in [3.05, 3.63) is 66.7 Å². The summed E-state index contributed by atoms with van der Waals surface area (Å²) in [4.78, 5) is 13.4. The molecular formula is C20H20N2O3S2. The minimum absolute atomic E-state index is 0.142. The average Bonchev–Trinajstić information content (AvgIpc) is 2.66. The lowest BCUT2D eigenvalue weighted by molar-refractivity contribution is -0.113. The minimum atomic E-state index is -3.47. The maximum atomic E-state index is 12.2. The topological polar surface area (TPSA) is 66.5 Å². The summed E-state index contributed by atoms with van der Waals surface area (Å²) < 4.78 is 25.3. The number of amides is 1. The van der Waals surface area contributed by atoms with Gasteiger partial charge in [-0.25, -0.2) is 12.7 Å². The van der Waals surface area contributed by atoms with Crippen LogP contribution in [0.1, 0.15) is 0 Å². The van der Waals surface area contributed by atoms with Crippen LogP contribution in [0.4, 0.5) is 5.69 Å². The molecule has 0 aliphatic heterocycles. The summed E-state index contributed by atoms with van der Waals surface area (Å²) in [6, 6.07) is 20.3. The molecule has 140 valence electrons. The predicted molar refractivity (Wildman–Crippen MR) is 111 cm³/mol. The molecule has 0 unspecified atom stereocenters. The monoisotopic (exact) mass is 400 g/mol. The highest BCUT2D eigenvalue weighted by atomic mass is 32.2. The zero-order chi connectivity index (χ0) is 19.4. The van der Waals surface area contributed by atoms with Crippen LogP contribution in [0, 0.1) is 0 Å². The van der Waals surface area contributed by atoms with Gasteiger partial charge in [-0.15, -0.1) is 11.8 Å². The van der Waals surface area contributed by atoms with Gasteiger partial charge in [0, 0.05) is 24.7 Å². The number of nitrogens with zero attached hydrogens (tertiary/aromatic N) is 1. The summed E-state index contributed by atoms with van der Waals surface area (Å²) in [5, 5.41) is 5.09. The van der Waals surface area contributed by atoms with Gasteiger partial charge >= 0.3 is 0 Å². The number of hydrogen-bond donors (Lipinski definition) is 1. The molecular weight excluding hydrogens is 380 g/mol. The highest BCUT2D eigenvalue weighted by Crippen LogP contribution is 2.24. The maximum Gasteiger partial charge on any atom is 0.242 e. The molecule has 7 heteroatoms. The molecule has 0 aliphatic rings. The second kappa shape index (κ2) is 8.12. The zero-order valence-electron chi connectivity index (χ0n) is 15.0. The molecule has 3 rings (SSSR count). The van der Waals surface area contributed by atoms with Crippen molar-refractivity contribution < 1.29 is 13.2 Å². The van der Waals surface area contributed by atoms with Crippen LogP contribution < -0.4 is 5.32 Å². The van der Waals surface area contributed by atoms with Crippen LogP contribution in [0.5, 0.6) is 0 Å².